The molecule has 0 aromatic heterocycles. The van der Waals surface area contributed by atoms with E-state index < -0.39 is 8.32 Å². The van der Waals surface area contributed by atoms with Gasteiger partial charge in [-0.25, -0.2) is 0 Å². The van der Waals surface area contributed by atoms with Gasteiger partial charge in [-0.3, -0.25) is 0 Å². The van der Waals surface area contributed by atoms with Crippen LogP contribution in [0.15, 0.2) is 12.3 Å². The van der Waals surface area contributed by atoms with Gasteiger partial charge < -0.3 is 4.43 Å². The van der Waals surface area contributed by atoms with E-state index in [-0.39, 0.29) is 0 Å². The van der Waals surface area contributed by atoms with Gasteiger partial charge in [-0.1, -0.05) is 6.58 Å². The summed E-state index contributed by atoms with van der Waals surface area (Å²) >= 11 is 0. The molecule has 0 aromatic carbocycles. The van der Waals surface area contributed by atoms with Crippen LogP contribution in [0.25, 0.3) is 0 Å². The topological polar surface area (TPSA) is 9.23 Å². The van der Waals surface area contributed by atoms with Crippen LogP contribution in [0, 0.1) is 5.92 Å². The second-order valence-corrected chi connectivity index (χ2v) is 8.38. The van der Waals surface area contributed by atoms with Crippen molar-refractivity contribution in [3.63, 3.8) is 0 Å². The van der Waals surface area contributed by atoms with Crippen molar-refractivity contribution in [3.8, 4) is 0 Å². The van der Waals surface area contributed by atoms with Gasteiger partial charge in [0.1, 0.15) is 0 Å². The zero-order valence-corrected chi connectivity index (χ0v) is 8.11. The lowest BCUT2D eigenvalue weighted by molar-refractivity contribution is 0.394. The van der Waals surface area contributed by atoms with Crippen molar-refractivity contribution in [1.82, 2.24) is 0 Å². The first kappa shape index (κ1) is 7.86. The van der Waals surface area contributed by atoms with Crippen molar-refractivity contribution in [3.05, 3.63) is 12.3 Å². The Morgan fingerprint density at radius 1 is 1.40 bits per heavy atom. The molecule has 0 saturated heterocycles. The van der Waals surface area contributed by atoms with E-state index in [1.165, 1.54) is 12.8 Å². The van der Waals surface area contributed by atoms with Crippen LogP contribution in [0.5, 0.6) is 0 Å². The van der Waals surface area contributed by atoms with Crippen LogP contribution in [-0.4, -0.2) is 8.32 Å². The molecule has 0 bridgehead atoms. The summed E-state index contributed by atoms with van der Waals surface area (Å²) in [5.74, 6) is 1.74. The Balaban J connectivity index is 2.30. The summed E-state index contributed by atoms with van der Waals surface area (Å²) in [4.78, 5) is 0. The third-order valence-corrected chi connectivity index (χ3v) is 2.34. The molecule has 0 amide bonds. The van der Waals surface area contributed by atoms with Crippen LogP contribution in [0.2, 0.25) is 19.6 Å². The maximum Gasteiger partial charge on any atom is 0.241 e. The van der Waals surface area contributed by atoms with Crippen LogP contribution in [0.4, 0.5) is 0 Å². The molecule has 0 heterocycles. The molecular weight excluding hydrogens is 140 g/mol. The SMILES string of the molecule is C=C(O[Si](C)(C)C)C1CC1. The number of allylic oxidation sites excluding steroid dienone is 1. The molecule has 1 aliphatic carbocycles. The molecule has 10 heavy (non-hydrogen) atoms. The first-order chi connectivity index (χ1) is 4.49. The predicted molar refractivity (Wildman–Crippen MR) is 46.3 cm³/mol. The maximum absolute atomic E-state index is 5.71. The Bertz CT molecular complexity index is 142. The van der Waals surface area contributed by atoms with Crippen molar-refractivity contribution in [2.24, 2.45) is 5.92 Å². The van der Waals surface area contributed by atoms with Crippen molar-refractivity contribution in [2.45, 2.75) is 32.5 Å². The van der Waals surface area contributed by atoms with Gasteiger partial charge in [0.05, 0.1) is 5.76 Å². The normalized spacial score (nSPS) is 18.7. The highest BCUT2D eigenvalue weighted by atomic mass is 28.4. The molecule has 0 unspecified atom stereocenters. The number of rotatable bonds is 3. The third-order valence-electron chi connectivity index (χ3n) is 1.47. The van der Waals surface area contributed by atoms with Crippen LogP contribution < -0.4 is 0 Å². The number of hydrogen-bond acceptors (Lipinski definition) is 1. The van der Waals surface area contributed by atoms with E-state index in [0.717, 1.165) is 5.76 Å². The summed E-state index contributed by atoms with van der Waals surface area (Å²) in [6.45, 7) is 10.5. The Kier molecular flexibility index (Phi) is 1.90. The van der Waals surface area contributed by atoms with E-state index in [0.29, 0.717) is 5.92 Å². The fourth-order valence-corrected chi connectivity index (χ4v) is 1.84. The molecular formula is C8H16OSi. The molecule has 1 aliphatic rings. The second kappa shape index (κ2) is 2.42. The van der Waals surface area contributed by atoms with E-state index in [4.69, 9.17) is 4.43 Å². The lowest BCUT2D eigenvalue weighted by Crippen LogP contribution is -2.24. The van der Waals surface area contributed by atoms with Gasteiger partial charge in [0.25, 0.3) is 0 Å². The van der Waals surface area contributed by atoms with Gasteiger partial charge in [0.2, 0.25) is 8.32 Å². The zero-order valence-electron chi connectivity index (χ0n) is 7.11. The Labute approximate surface area is 64.2 Å². The lowest BCUT2D eigenvalue weighted by atomic mass is 10.4. The molecule has 0 aliphatic heterocycles. The monoisotopic (exact) mass is 156 g/mol. The average Bonchev–Trinajstić information content (AvgIpc) is 2.35. The fraction of sp³-hybridized carbons (Fsp3) is 0.750. The highest BCUT2D eigenvalue weighted by molar-refractivity contribution is 6.70. The maximum atomic E-state index is 5.71. The molecule has 1 rings (SSSR count). The first-order valence-electron chi connectivity index (χ1n) is 3.87. The zero-order chi connectivity index (χ0) is 7.78. The molecule has 2 heteroatoms. The van der Waals surface area contributed by atoms with E-state index in [2.05, 4.69) is 26.2 Å². The minimum atomic E-state index is -1.34. The van der Waals surface area contributed by atoms with Crippen LogP contribution in [0.1, 0.15) is 12.8 Å². The lowest BCUT2D eigenvalue weighted by Gasteiger charge is -2.20. The first-order valence-corrected chi connectivity index (χ1v) is 7.28. The fourth-order valence-electron chi connectivity index (χ4n) is 0.882. The highest BCUT2D eigenvalue weighted by Crippen LogP contribution is 2.37. The molecule has 0 spiro atoms. The smallest absolute Gasteiger partial charge is 0.241 e. The summed E-state index contributed by atoms with van der Waals surface area (Å²) in [6.07, 6.45) is 2.59. The van der Waals surface area contributed by atoms with Crippen LogP contribution in [0.3, 0.4) is 0 Å². The van der Waals surface area contributed by atoms with E-state index in [1.807, 2.05) is 0 Å². The van der Waals surface area contributed by atoms with E-state index in [1.54, 1.807) is 0 Å². The highest BCUT2D eigenvalue weighted by Gasteiger charge is 2.29. The summed E-state index contributed by atoms with van der Waals surface area (Å²) in [7, 11) is -1.34. The summed E-state index contributed by atoms with van der Waals surface area (Å²) < 4.78 is 5.71. The molecule has 0 N–H and O–H groups in total. The quantitative estimate of drug-likeness (QED) is 0.451. The molecule has 1 saturated carbocycles. The molecule has 0 atom stereocenters. The van der Waals surface area contributed by atoms with Crippen molar-refractivity contribution < 1.29 is 4.43 Å². The number of hydrogen-bond donors (Lipinski definition) is 0. The van der Waals surface area contributed by atoms with Gasteiger partial charge in [-0.2, -0.15) is 0 Å². The Morgan fingerprint density at radius 2 is 1.90 bits per heavy atom. The summed E-state index contributed by atoms with van der Waals surface area (Å²) in [5, 5.41) is 0. The minimum Gasteiger partial charge on any atom is -0.548 e. The minimum absolute atomic E-state index is 0.701. The largest absolute Gasteiger partial charge is 0.548 e. The predicted octanol–water partition coefficient (Wildman–Crippen LogP) is 2.76. The second-order valence-electron chi connectivity index (χ2n) is 3.96. The van der Waals surface area contributed by atoms with Gasteiger partial charge in [0.15, 0.2) is 0 Å². The standard InChI is InChI=1S/C8H16OSi/c1-7(8-5-6-8)9-10(2,3)4/h8H,1,5-6H2,2-4H3. The van der Waals surface area contributed by atoms with Crippen LogP contribution >= 0.6 is 0 Å². The van der Waals surface area contributed by atoms with Crippen molar-refractivity contribution in [1.29, 1.82) is 0 Å². The van der Waals surface area contributed by atoms with Gasteiger partial charge in [-0.05, 0) is 32.5 Å². The molecule has 1 fully saturated rings. The van der Waals surface area contributed by atoms with Gasteiger partial charge in [-0.15, -0.1) is 0 Å². The molecule has 0 aromatic rings. The molecule has 1 nitrogen and oxygen atoms in total. The molecule has 0 radical (unpaired) electrons. The van der Waals surface area contributed by atoms with Crippen molar-refractivity contribution >= 4 is 8.32 Å². The Morgan fingerprint density at radius 3 is 2.20 bits per heavy atom. The third kappa shape index (κ3) is 2.56. The molecule has 58 valence electrons. The Hall–Kier alpha value is -0.243. The van der Waals surface area contributed by atoms with Gasteiger partial charge >= 0.3 is 0 Å². The van der Waals surface area contributed by atoms with E-state index in [9.17, 15) is 0 Å². The van der Waals surface area contributed by atoms with Gasteiger partial charge in [0, 0.05) is 5.92 Å². The summed E-state index contributed by atoms with van der Waals surface area (Å²) in [5.41, 5.74) is 0. The van der Waals surface area contributed by atoms with Crippen LogP contribution in [-0.2, 0) is 4.43 Å². The van der Waals surface area contributed by atoms with Crippen molar-refractivity contribution in [2.75, 3.05) is 0 Å². The summed E-state index contributed by atoms with van der Waals surface area (Å²) in [6, 6.07) is 0. The average molecular weight is 156 g/mol. The van der Waals surface area contributed by atoms with E-state index >= 15 is 0 Å².